The van der Waals surface area contributed by atoms with Gasteiger partial charge in [0.05, 0.1) is 18.0 Å². The lowest BCUT2D eigenvalue weighted by atomic mass is 10.1. The minimum atomic E-state index is -0.554. The Hall–Kier alpha value is -2.52. The van der Waals surface area contributed by atoms with E-state index in [0.717, 1.165) is 5.01 Å². The minimum absolute atomic E-state index is 0.125. The summed E-state index contributed by atoms with van der Waals surface area (Å²) in [6.07, 6.45) is 0. The van der Waals surface area contributed by atoms with Gasteiger partial charge in [0.2, 0.25) is 5.89 Å². The van der Waals surface area contributed by atoms with Gasteiger partial charge in [-0.2, -0.15) is 0 Å². The largest absolute Gasteiger partial charge is 0.464 e. The van der Waals surface area contributed by atoms with Gasteiger partial charge < -0.3 is 14.5 Å². The predicted molar refractivity (Wildman–Crippen MR) is 103 cm³/mol. The number of aryl methyl sites for hydroxylation is 1. The summed E-state index contributed by atoms with van der Waals surface area (Å²) in [4.78, 5) is 33.5. The molecule has 1 atom stereocenters. The summed E-state index contributed by atoms with van der Waals surface area (Å²) in [5.41, 5.74) is 0.651. The quantitative estimate of drug-likeness (QED) is 0.621. The van der Waals surface area contributed by atoms with Gasteiger partial charge in [0, 0.05) is 5.38 Å². The van der Waals surface area contributed by atoms with E-state index in [1.807, 2.05) is 25.3 Å². The Kier molecular flexibility index (Phi) is 5.71. The van der Waals surface area contributed by atoms with Gasteiger partial charge in [-0.15, -0.1) is 22.7 Å². The van der Waals surface area contributed by atoms with Gasteiger partial charge in [-0.25, -0.2) is 14.8 Å². The normalized spacial score (nSPS) is 12.2. The van der Waals surface area contributed by atoms with E-state index in [9.17, 15) is 9.59 Å². The number of ether oxygens (including phenoxy) is 1. The Bertz CT molecular complexity index is 944. The first-order valence-electron chi connectivity index (χ1n) is 8.26. The summed E-state index contributed by atoms with van der Waals surface area (Å²) in [6, 6.07) is 3.39. The molecule has 0 unspecified atom stereocenters. The van der Waals surface area contributed by atoms with Crippen LogP contribution in [0.3, 0.4) is 0 Å². The summed E-state index contributed by atoms with van der Waals surface area (Å²) in [7, 11) is 1.29. The number of nitrogens with zero attached hydrogens (tertiary/aromatic N) is 2. The van der Waals surface area contributed by atoms with Gasteiger partial charge in [-0.1, -0.05) is 19.9 Å². The molecule has 0 radical (unpaired) electrons. The minimum Gasteiger partial charge on any atom is -0.464 e. The fraction of sp³-hybridized carbons (Fsp3) is 0.333. The number of nitrogens with one attached hydrogen (secondary N) is 1. The van der Waals surface area contributed by atoms with Crippen molar-refractivity contribution in [3.8, 4) is 11.6 Å². The zero-order chi connectivity index (χ0) is 19.6. The van der Waals surface area contributed by atoms with E-state index in [4.69, 9.17) is 9.15 Å². The van der Waals surface area contributed by atoms with Crippen molar-refractivity contribution in [3.05, 3.63) is 44.2 Å². The maximum absolute atomic E-state index is 12.4. The van der Waals surface area contributed by atoms with Crippen LogP contribution < -0.4 is 5.32 Å². The third-order valence-corrected chi connectivity index (χ3v) is 5.68. The van der Waals surface area contributed by atoms with Crippen molar-refractivity contribution >= 4 is 34.6 Å². The maximum Gasteiger partial charge on any atom is 0.360 e. The summed E-state index contributed by atoms with van der Waals surface area (Å²) < 4.78 is 10.3. The zero-order valence-electron chi connectivity index (χ0n) is 15.3. The van der Waals surface area contributed by atoms with Crippen LogP contribution in [0.2, 0.25) is 0 Å². The van der Waals surface area contributed by atoms with E-state index >= 15 is 0 Å². The molecule has 1 N–H and O–H groups in total. The van der Waals surface area contributed by atoms with E-state index in [2.05, 4.69) is 15.3 Å². The second kappa shape index (κ2) is 8.01. The molecule has 3 rings (SSSR count). The number of aromatic nitrogens is 2. The van der Waals surface area contributed by atoms with Crippen LogP contribution in [0.4, 0.5) is 0 Å². The van der Waals surface area contributed by atoms with Crippen LogP contribution in [0.1, 0.15) is 50.8 Å². The molecule has 0 saturated heterocycles. The standard InChI is InChI=1S/C18H19N3O4S2/c1-9(2)13(20-15(22)12-6-5-7-26-12)17-19-11(8-27-17)16-21-14(10(3)25-16)18(23)24-4/h5-9,13H,1-4H3,(H,20,22)/t13-/m0/s1. The molecule has 0 aliphatic rings. The number of thiazole rings is 1. The van der Waals surface area contributed by atoms with Gasteiger partial charge >= 0.3 is 5.97 Å². The molecule has 0 saturated carbocycles. The second-order valence-corrected chi connectivity index (χ2v) is 8.00. The van der Waals surface area contributed by atoms with E-state index in [-0.39, 0.29) is 29.5 Å². The number of rotatable bonds is 6. The van der Waals surface area contributed by atoms with E-state index in [1.54, 1.807) is 18.4 Å². The highest BCUT2D eigenvalue weighted by molar-refractivity contribution is 7.12. The number of oxazole rings is 1. The van der Waals surface area contributed by atoms with Crippen LogP contribution >= 0.6 is 22.7 Å². The zero-order valence-corrected chi connectivity index (χ0v) is 16.9. The van der Waals surface area contributed by atoms with Crippen LogP contribution in [0.25, 0.3) is 11.6 Å². The first kappa shape index (κ1) is 19.2. The van der Waals surface area contributed by atoms with Gasteiger partial charge in [-0.05, 0) is 24.3 Å². The number of amides is 1. The van der Waals surface area contributed by atoms with Gasteiger partial charge in [0.25, 0.3) is 5.91 Å². The molecule has 142 valence electrons. The average molecular weight is 406 g/mol. The fourth-order valence-corrected chi connectivity index (χ4v) is 4.10. The van der Waals surface area contributed by atoms with E-state index in [0.29, 0.717) is 16.3 Å². The van der Waals surface area contributed by atoms with Crippen LogP contribution in [0.15, 0.2) is 27.3 Å². The maximum atomic E-state index is 12.4. The van der Waals surface area contributed by atoms with Crippen molar-refractivity contribution in [2.24, 2.45) is 5.92 Å². The molecule has 7 nitrogen and oxygen atoms in total. The van der Waals surface area contributed by atoms with Crippen molar-refractivity contribution in [1.29, 1.82) is 0 Å². The Morgan fingerprint density at radius 1 is 1.26 bits per heavy atom. The number of hydrogen-bond acceptors (Lipinski definition) is 8. The Morgan fingerprint density at radius 3 is 2.67 bits per heavy atom. The molecule has 0 aromatic carbocycles. The van der Waals surface area contributed by atoms with Crippen molar-refractivity contribution in [3.63, 3.8) is 0 Å². The lowest BCUT2D eigenvalue weighted by Gasteiger charge is -2.19. The predicted octanol–water partition coefficient (Wildman–Crippen LogP) is 4.08. The lowest BCUT2D eigenvalue weighted by Crippen LogP contribution is -2.31. The van der Waals surface area contributed by atoms with Crippen molar-refractivity contribution in [1.82, 2.24) is 15.3 Å². The van der Waals surface area contributed by atoms with Crippen LogP contribution in [-0.2, 0) is 4.74 Å². The molecule has 0 aliphatic carbocycles. The molecule has 27 heavy (non-hydrogen) atoms. The molecular weight excluding hydrogens is 386 g/mol. The monoisotopic (exact) mass is 405 g/mol. The Morgan fingerprint density at radius 2 is 2.04 bits per heavy atom. The van der Waals surface area contributed by atoms with E-state index < -0.39 is 5.97 Å². The first-order chi connectivity index (χ1) is 12.9. The molecule has 0 aliphatic heterocycles. The Balaban J connectivity index is 1.84. The molecule has 3 aromatic rings. The molecule has 0 spiro atoms. The molecule has 3 heterocycles. The van der Waals surface area contributed by atoms with E-state index in [1.165, 1.54) is 29.8 Å². The van der Waals surface area contributed by atoms with Crippen LogP contribution in [0, 0.1) is 12.8 Å². The molecule has 0 bridgehead atoms. The summed E-state index contributed by atoms with van der Waals surface area (Å²) in [5, 5.41) is 7.45. The average Bonchev–Trinajstić information content (AvgIpc) is 3.38. The van der Waals surface area contributed by atoms with Gasteiger partial charge in [0.15, 0.2) is 5.69 Å². The molecule has 9 heteroatoms. The Labute approximate surface area is 164 Å². The number of esters is 1. The number of carbonyl (C=O) groups is 2. The number of hydrogen-bond donors (Lipinski definition) is 1. The number of carbonyl (C=O) groups excluding carboxylic acids is 2. The van der Waals surface area contributed by atoms with Gasteiger partial charge in [0.1, 0.15) is 16.5 Å². The van der Waals surface area contributed by atoms with Crippen molar-refractivity contribution in [2.75, 3.05) is 7.11 Å². The second-order valence-electron chi connectivity index (χ2n) is 6.16. The molecular formula is C18H19N3O4S2. The smallest absolute Gasteiger partial charge is 0.360 e. The van der Waals surface area contributed by atoms with Crippen LogP contribution in [0.5, 0.6) is 0 Å². The number of thiophene rings is 1. The third kappa shape index (κ3) is 4.09. The van der Waals surface area contributed by atoms with Crippen molar-refractivity contribution < 1.29 is 18.7 Å². The molecule has 1 amide bonds. The fourth-order valence-electron chi connectivity index (χ4n) is 2.45. The number of methoxy groups -OCH3 is 1. The first-order valence-corrected chi connectivity index (χ1v) is 10.0. The highest BCUT2D eigenvalue weighted by Crippen LogP contribution is 2.30. The third-order valence-electron chi connectivity index (χ3n) is 3.88. The summed E-state index contributed by atoms with van der Waals surface area (Å²) in [6.45, 7) is 5.68. The van der Waals surface area contributed by atoms with Gasteiger partial charge in [-0.3, -0.25) is 4.79 Å². The van der Waals surface area contributed by atoms with Crippen molar-refractivity contribution in [2.45, 2.75) is 26.8 Å². The topological polar surface area (TPSA) is 94.3 Å². The molecule has 0 fully saturated rings. The van der Waals surface area contributed by atoms with Crippen LogP contribution in [-0.4, -0.2) is 29.0 Å². The molecule has 3 aromatic heterocycles. The highest BCUT2D eigenvalue weighted by atomic mass is 32.1. The highest BCUT2D eigenvalue weighted by Gasteiger charge is 2.25. The SMILES string of the molecule is COC(=O)c1nc(-c2csc([C@@H](NC(=O)c3cccs3)C(C)C)n2)oc1C. The lowest BCUT2D eigenvalue weighted by molar-refractivity contribution is 0.0592. The summed E-state index contributed by atoms with van der Waals surface area (Å²) >= 11 is 2.80. The summed E-state index contributed by atoms with van der Waals surface area (Å²) in [5.74, 6) is 0.0896.